The molecule has 2 heterocycles. The molecule has 140 valence electrons. The lowest BCUT2D eigenvalue weighted by Crippen LogP contribution is -2.34. The van der Waals surface area contributed by atoms with Crippen LogP contribution in [0.4, 0.5) is 0 Å². The SMILES string of the molecule is Cc1noc(C)c1CC(=O)NCc1ccccc1CN1CCCC(C)C1. The number of piperidine rings is 1. The van der Waals surface area contributed by atoms with Crippen molar-refractivity contribution in [2.45, 2.75) is 53.1 Å². The molecule has 1 N–H and O–H groups in total. The smallest absolute Gasteiger partial charge is 0.224 e. The second kappa shape index (κ2) is 8.49. The summed E-state index contributed by atoms with van der Waals surface area (Å²) >= 11 is 0. The molecule has 0 bridgehead atoms. The van der Waals surface area contributed by atoms with Gasteiger partial charge in [-0.1, -0.05) is 36.3 Å². The zero-order valence-electron chi connectivity index (χ0n) is 16.0. The molecule has 1 amide bonds. The molecule has 26 heavy (non-hydrogen) atoms. The van der Waals surface area contributed by atoms with E-state index in [1.54, 1.807) is 0 Å². The average molecular weight is 355 g/mol. The van der Waals surface area contributed by atoms with Crippen molar-refractivity contribution >= 4 is 5.91 Å². The van der Waals surface area contributed by atoms with Gasteiger partial charge in [-0.15, -0.1) is 0 Å². The van der Waals surface area contributed by atoms with Crippen LogP contribution in [0, 0.1) is 19.8 Å². The zero-order chi connectivity index (χ0) is 18.5. The summed E-state index contributed by atoms with van der Waals surface area (Å²) in [6.45, 7) is 9.88. The highest BCUT2D eigenvalue weighted by Gasteiger charge is 2.18. The van der Waals surface area contributed by atoms with Crippen molar-refractivity contribution in [3.63, 3.8) is 0 Å². The van der Waals surface area contributed by atoms with Crippen LogP contribution in [0.5, 0.6) is 0 Å². The van der Waals surface area contributed by atoms with Crippen molar-refractivity contribution in [3.05, 3.63) is 52.4 Å². The van der Waals surface area contributed by atoms with Gasteiger partial charge < -0.3 is 9.84 Å². The van der Waals surface area contributed by atoms with Gasteiger partial charge in [-0.2, -0.15) is 0 Å². The minimum absolute atomic E-state index is 0.000739. The molecule has 1 aliphatic heterocycles. The number of nitrogens with zero attached hydrogens (tertiary/aromatic N) is 2. The summed E-state index contributed by atoms with van der Waals surface area (Å²) in [5, 5.41) is 6.96. The lowest BCUT2D eigenvalue weighted by molar-refractivity contribution is -0.120. The summed E-state index contributed by atoms with van der Waals surface area (Å²) in [7, 11) is 0. The van der Waals surface area contributed by atoms with Crippen LogP contribution in [0.1, 0.15) is 47.9 Å². The van der Waals surface area contributed by atoms with Gasteiger partial charge in [0.2, 0.25) is 5.91 Å². The van der Waals surface area contributed by atoms with Gasteiger partial charge in [0.15, 0.2) is 0 Å². The number of aryl methyl sites for hydroxylation is 2. The highest BCUT2D eigenvalue weighted by atomic mass is 16.5. The summed E-state index contributed by atoms with van der Waals surface area (Å²) in [4.78, 5) is 14.9. The third-order valence-electron chi connectivity index (χ3n) is 5.25. The Hall–Kier alpha value is -2.14. The Labute approximate surface area is 155 Å². The maximum Gasteiger partial charge on any atom is 0.224 e. The molecule has 1 unspecified atom stereocenters. The van der Waals surface area contributed by atoms with E-state index < -0.39 is 0 Å². The standard InChI is InChI=1S/C21H29N3O2/c1-15-7-6-10-24(13-15)14-19-9-5-4-8-18(19)12-22-21(25)11-20-16(2)23-26-17(20)3/h4-5,8-9,15H,6-7,10-14H2,1-3H3,(H,22,25). The number of carbonyl (C=O) groups excluding carboxylic acids is 1. The molecule has 1 fully saturated rings. The van der Waals surface area contributed by atoms with Crippen LogP contribution < -0.4 is 5.32 Å². The molecular weight excluding hydrogens is 326 g/mol. The van der Waals surface area contributed by atoms with Crippen LogP contribution in [0.2, 0.25) is 0 Å². The van der Waals surface area contributed by atoms with Crippen LogP contribution in [0.15, 0.2) is 28.8 Å². The van der Waals surface area contributed by atoms with Gasteiger partial charge in [-0.3, -0.25) is 9.69 Å². The molecule has 1 aromatic heterocycles. The maximum absolute atomic E-state index is 12.3. The summed E-state index contributed by atoms with van der Waals surface area (Å²) in [5.74, 6) is 1.49. The Morgan fingerprint density at radius 2 is 2.08 bits per heavy atom. The fraction of sp³-hybridized carbons (Fsp3) is 0.524. The van der Waals surface area contributed by atoms with E-state index in [9.17, 15) is 4.79 Å². The van der Waals surface area contributed by atoms with Crippen molar-refractivity contribution in [2.75, 3.05) is 13.1 Å². The van der Waals surface area contributed by atoms with Crippen LogP contribution in [-0.2, 0) is 24.3 Å². The van der Waals surface area contributed by atoms with E-state index in [-0.39, 0.29) is 5.91 Å². The van der Waals surface area contributed by atoms with E-state index in [4.69, 9.17) is 4.52 Å². The normalized spacial score (nSPS) is 18.0. The van der Waals surface area contributed by atoms with Crippen molar-refractivity contribution in [1.82, 2.24) is 15.4 Å². The molecule has 0 radical (unpaired) electrons. The Kier molecular flexibility index (Phi) is 6.09. The third-order valence-corrected chi connectivity index (χ3v) is 5.25. The molecule has 1 aliphatic rings. The number of carbonyl (C=O) groups is 1. The van der Waals surface area contributed by atoms with Crippen LogP contribution >= 0.6 is 0 Å². The summed E-state index contributed by atoms with van der Waals surface area (Å²) in [6.07, 6.45) is 2.92. The van der Waals surface area contributed by atoms with E-state index in [0.717, 1.165) is 42.6 Å². The third kappa shape index (κ3) is 4.73. The van der Waals surface area contributed by atoms with Crippen molar-refractivity contribution in [2.24, 2.45) is 5.92 Å². The largest absolute Gasteiger partial charge is 0.361 e. The topological polar surface area (TPSA) is 58.4 Å². The highest BCUT2D eigenvalue weighted by molar-refractivity contribution is 5.79. The molecule has 5 nitrogen and oxygen atoms in total. The van der Waals surface area contributed by atoms with E-state index >= 15 is 0 Å². The summed E-state index contributed by atoms with van der Waals surface area (Å²) in [5.41, 5.74) is 4.17. The van der Waals surface area contributed by atoms with Crippen LogP contribution in [0.3, 0.4) is 0 Å². The first kappa shape index (κ1) is 18.6. The minimum atomic E-state index is 0.000739. The maximum atomic E-state index is 12.3. The summed E-state index contributed by atoms with van der Waals surface area (Å²) in [6, 6.07) is 8.41. The average Bonchev–Trinajstić information content (AvgIpc) is 2.93. The first-order valence-corrected chi connectivity index (χ1v) is 9.50. The molecule has 1 saturated heterocycles. The van der Waals surface area contributed by atoms with Crippen molar-refractivity contribution in [3.8, 4) is 0 Å². The van der Waals surface area contributed by atoms with Crippen LogP contribution in [0.25, 0.3) is 0 Å². The Balaban J connectivity index is 1.58. The lowest BCUT2D eigenvalue weighted by Gasteiger charge is -2.31. The molecule has 3 rings (SSSR count). The van der Waals surface area contributed by atoms with Gasteiger partial charge in [-0.25, -0.2) is 0 Å². The van der Waals surface area contributed by atoms with Gasteiger partial charge in [0.25, 0.3) is 0 Å². The number of likely N-dealkylation sites (tertiary alicyclic amines) is 1. The predicted molar refractivity (Wildman–Crippen MR) is 102 cm³/mol. The molecule has 2 aromatic rings. The Morgan fingerprint density at radius 1 is 1.31 bits per heavy atom. The molecule has 0 saturated carbocycles. The molecule has 5 heteroatoms. The second-order valence-corrected chi connectivity index (χ2v) is 7.51. The first-order chi connectivity index (χ1) is 12.5. The van der Waals surface area contributed by atoms with Crippen LogP contribution in [-0.4, -0.2) is 29.1 Å². The lowest BCUT2D eigenvalue weighted by atomic mass is 9.99. The van der Waals surface area contributed by atoms with E-state index in [0.29, 0.717) is 13.0 Å². The predicted octanol–water partition coefficient (Wildman–Crippen LogP) is 3.38. The quantitative estimate of drug-likeness (QED) is 0.863. The van der Waals surface area contributed by atoms with Gasteiger partial charge in [-0.05, 0) is 50.3 Å². The number of hydrogen-bond donors (Lipinski definition) is 1. The molecule has 0 aliphatic carbocycles. The highest BCUT2D eigenvalue weighted by Crippen LogP contribution is 2.19. The van der Waals surface area contributed by atoms with Gasteiger partial charge in [0.1, 0.15) is 5.76 Å². The minimum Gasteiger partial charge on any atom is -0.361 e. The number of aromatic nitrogens is 1. The van der Waals surface area contributed by atoms with E-state index in [1.165, 1.54) is 24.0 Å². The summed E-state index contributed by atoms with van der Waals surface area (Å²) < 4.78 is 5.14. The van der Waals surface area contributed by atoms with Gasteiger partial charge in [0, 0.05) is 25.2 Å². The van der Waals surface area contributed by atoms with Gasteiger partial charge >= 0.3 is 0 Å². The molecule has 0 spiro atoms. The Bertz CT molecular complexity index is 734. The van der Waals surface area contributed by atoms with E-state index in [2.05, 4.69) is 40.5 Å². The number of benzene rings is 1. The molecule has 1 atom stereocenters. The monoisotopic (exact) mass is 355 g/mol. The fourth-order valence-corrected chi connectivity index (χ4v) is 3.73. The molecular formula is C21H29N3O2. The van der Waals surface area contributed by atoms with Crippen molar-refractivity contribution < 1.29 is 9.32 Å². The van der Waals surface area contributed by atoms with Crippen molar-refractivity contribution in [1.29, 1.82) is 0 Å². The van der Waals surface area contributed by atoms with E-state index in [1.807, 2.05) is 19.9 Å². The Morgan fingerprint density at radius 3 is 2.77 bits per heavy atom. The number of nitrogens with one attached hydrogen (secondary N) is 1. The van der Waals surface area contributed by atoms with Gasteiger partial charge in [0.05, 0.1) is 12.1 Å². The molecule has 1 aromatic carbocycles. The second-order valence-electron chi connectivity index (χ2n) is 7.51. The first-order valence-electron chi connectivity index (χ1n) is 9.50. The number of rotatable bonds is 6. The number of amides is 1. The zero-order valence-corrected chi connectivity index (χ0v) is 16.0. The fourth-order valence-electron chi connectivity index (χ4n) is 3.73. The number of hydrogen-bond acceptors (Lipinski definition) is 4.